The van der Waals surface area contributed by atoms with Crippen LogP contribution in [0.3, 0.4) is 0 Å². The zero-order valence-electron chi connectivity index (χ0n) is 24.8. The topological polar surface area (TPSA) is 140 Å². The number of aryl methyl sites for hydroxylation is 2. The first-order chi connectivity index (χ1) is 20.9. The van der Waals surface area contributed by atoms with Crippen molar-refractivity contribution in [2.45, 2.75) is 23.6 Å². The molecule has 11 nitrogen and oxygen atoms in total. The molecule has 0 radical (unpaired) electrons. The van der Waals surface area contributed by atoms with Gasteiger partial charge in [-0.15, -0.1) is 0 Å². The summed E-state index contributed by atoms with van der Waals surface area (Å²) in [5, 5.41) is 2.66. The summed E-state index contributed by atoms with van der Waals surface area (Å²) in [6, 6.07) is 21.3. The van der Waals surface area contributed by atoms with Crippen molar-refractivity contribution in [1.82, 2.24) is 0 Å². The summed E-state index contributed by atoms with van der Waals surface area (Å²) in [7, 11) is -3.81. The lowest BCUT2D eigenvalue weighted by Crippen LogP contribution is -2.38. The lowest BCUT2D eigenvalue weighted by molar-refractivity contribution is -0.114. The summed E-state index contributed by atoms with van der Waals surface area (Å²) < 4.78 is 72.7. The van der Waals surface area contributed by atoms with Crippen molar-refractivity contribution >= 4 is 43.0 Å². The molecule has 0 saturated carbocycles. The summed E-state index contributed by atoms with van der Waals surface area (Å²) in [6.07, 6.45) is 0. The van der Waals surface area contributed by atoms with Crippen molar-refractivity contribution in [1.29, 1.82) is 0 Å². The van der Waals surface area contributed by atoms with E-state index in [4.69, 9.17) is 14.2 Å². The predicted octanol–water partition coefficient (Wildman–Crippen LogP) is 4.96. The molecule has 0 fully saturated rings. The minimum Gasteiger partial charge on any atom is -0.497 e. The Morgan fingerprint density at radius 2 is 1.25 bits per heavy atom. The first-order valence-electron chi connectivity index (χ1n) is 13.3. The molecule has 1 amide bonds. The van der Waals surface area contributed by atoms with Crippen LogP contribution in [0.4, 0.5) is 17.1 Å². The predicted molar refractivity (Wildman–Crippen MR) is 169 cm³/mol. The minimum absolute atomic E-state index is 0.0285. The number of nitrogens with zero attached hydrogens (tertiary/aromatic N) is 1. The summed E-state index contributed by atoms with van der Waals surface area (Å²) in [6.45, 7) is 3.10. The number of carbonyl (C=O) groups excluding carboxylic acids is 1. The van der Waals surface area contributed by atoms with Gasteiger partial charge >= 0.3 is 0 Å². The van der Waals surface area contributed by atoms with Gasteiger partial charge in [-0.05, 0) is 97.8 Å². The van der Waals surface area contributed by atoms with Crippen molar-refractivity contribution in [2.75, 3.05) is 42.2 Å². The van der Waals surface area contributed by atoms with Gasteiger partial charge in [0.15, 0.2) is 11.5 Å². The van der Waals surface area contributed by atoms with E-state index in [1.165, 1.54) is 63.8 Å². The Labute approximate surface area is 257 Å². The number of amides is 1. The number of nitrogens with one attached hydrogen (secondary N) is 2. The van der Waals surface area contributed by atoms with Crippen LogP contribution >= 0.6 is 0 Å². The van der Waals surface area contributed by atoms with E-state index in [0.717, 1.165) is 15.4 Å². The molecule has 44 heavy (non-hydrogen) atoms. The number of rotatable bonds is 12. The molecule has 4 aromatic rings. The molecule has 0 bridgehead atoms. The molecule has 4 aromatic carbocycles. The fraction of sp³-hybridized carbons (Fsp3) is 0.194. The molecule has 0 aliphatic rings. The Kier molecular flexibility index (Phi) is 9.70. The minimum atomic E-state index is -4.25. The lowest BCUT2D eigenvalue weighted by Gasteiger charge is -2.25. The highest BCUT2D eigenvalue weighted by Gasteiger charge is 2.29. The molecule has 4 rings (SSSR count). The molecule has 0 aliphatic heterocycles. The Bertz CT molecular complexity index is 1840. The van der Waals surface area contributed by atoms with Crippen molar-refractivity contribution in [2.24, 2.45) is 0 Å². The molecule has 0 unspecified atom stereocenters. The van der Waals surface area contributed by atoms with Crippen molar-refractivity contribution < 1.29 is 35.8 Å². The highest BCUT2D eigenvalue weighted by Crippen LogP contribution is 2.33. The van der Waals surface area contributed by atoms with Gasteiger partial charge in [-0.3, -0.25) is 13.8 Å². The SMILES string of the molecule is COc1ccc(NS(=O)(=O)c2ccc(NC(=O)CN(c3cc(C)cc(C)c3)S(=O)(=O)c3ccc(OC)c(OC)c3)cc2)cc1. The number of carbonyl (C=O) groups is 1. The third-order valence-electron chi connectivity index (χ3n) is 6.52. The summed E-state index contributed by atoms with van der Waals surface area (Å²) in [4.78, 5) is 13.1. The van der Waals surface area contributed by atoms with Crippen LogP contribution in [0, 0.1) is 13.8 Å². The van der Waals surface area contributed by atoms with Gasteiger partial charge in [0.2, 0.25) is 5.91 Å². The lowest BCUT2D eigenvalue weighted by atomic mass is 10.1. The Hall–Kier alpha value is -4.75. The van der Waals surface area contributed by atoms with Gasteiger partial charge in [0.25, 0.3) is 20.0 Å². The maximum Gasteiger partial charge on any atom is 0.264 e. The smallest absolute Gasteiger partial charge is 0.264 e. The van der Waals surface area contributed by atoms with E-state index in [1.54, 1.807) is 36.4 Å². The molecule has 0 spiro atoms. The van der Waals surface area contributed by atoms with Crippen LogP contribution in [0.15, 0.2) is 94.7 Å². The number of benzene rings is 4. The van der Waals surface area contributed by atoms with Gasteiger partial charge < -0.3 is 19.5 Å². The summed E-state index contributed by atoms with van der Waals surface area (Å²) >= 11 is 0. The number of ether oxygens (including phenoxy) is 3. The number of methoxy groups -OCH3 is 3. The quantitative estimate of drug-likeness (QED) is 0.222. The molecular formula is C31H33N3O8S2. The van der Waals surface area contributed by atoms with Gasteiger partial charge in [-0.2, -0.15) is 0 Å². The van der Waals surface area contributed by atoms with Crippen LogP contribution in [0.2, 0.25) is 0 Å². The number of hydrogen-bond acceptors (Lipinski definition) is 8. The van der Waals surface area contributed by atoms with E-state index >= 15 is 0 Å². The van der Waals surface area contributed by atoms with Crippen molar-refractivity contribution in [3.63, 3.8) is 0 Å². The van der Waals surface area contributed by atoms with Crippen molar-refractivity contribution in [3.05, 3.63) is 96.1 Å². The van der Waals surface area contributed by atoms with Gasteiger partial charge in [-0.1, -0.05) is 6.07 Å². The third-order valence-corrected chi connectivity index (χ3v) is 9.68. The third kappa shape index (κ3) is 7.41. The summed E-state index contributed by atoms with van der Waals surface area (Å²) in [5.41, 5.74) is 2.56. The molecule has 0 saturated heterocycles. The van der Waals surface area contributed by atoms with E-state index in [-0.39, 0.29) is 21.2 Å². The second kappa shape index (κ2) is 13.3. The number of hydrogen-bond donors (Lipinski definition) is 2. The molecule has 0 aromatic heterocycles. The zero-order chi connectivity index (χ0) is 32.1. The van der Waals surface area contributed by atoms with E-state index in [0.29, 0.717) is 22.9 Å². The Balaban J connectivity index is 1.57. The second-order valence-corrected chi connectivity index (χ2v) is 13.3. The van der Waals surface area contributed by atoms with E-state index in [9.17, 15) is 21.6 Å². The number of anilines is 3. The van der Waals surface area contributed by atoms with Crippen LogP contribution in [-0.2, 0) is 24.8 Å². The maximum absolute atomic E-state index is 13.9. The average Bonchev–Trinajstić information content (AvgIpc) is 2.99. The van der Waals surface area contributed by atoms with Crippen LogP contribution in [0.5, 0.6) is 17.2 Å². The standard InChI is InChI=1S/C31H33N3O8S2/c1-21-16-22(2)18-25(17-21)34(44(38,39)28-14-15-29(41-4)30(19-28)42-5)20-31(35)32-23-8-12-27(13-9-23)43(36,37)33-24-6-10-26(40-3)11-7-24/h6-19,33H,20H2,1-5H3,(H,32,35). The fourth-order valence-electron chi connectivity index (χ4n) is 4.44. The van der Waals surface area contributed by atoms with E-state index in [2.05, 4.69) is 10.0 Å². The largest absolute Gasteiger partial charge is 0.497 e. The fourth-order valence-corrected chi connectivity index (χ4v) is 6.91. The van der Waals surface area contributed by atoms with Crippen LogP contribution in [0.25, 0.3) is 0 Å². The van der Waals surface area contributed by atoms with Crippen LogP contribution < -0.4 is 28.6 Å². The monoisotopic (exact) mass is 639 g/mol. The van der Waals surface area contributed by atoms with Gasteiger partial charge in [-0.25, -0.2) is 16.8 Å². The molecule has 232 valence electrons. The van der Waals surface area contributed by atoms with Crippen molar-refractivity contribution in [3.8, 4) is 17.2 Å². The summed E-state index contributed by atoms with van der Waals surface area (Å²) in [5.74, 6) is 0.516. The van der Waals surface area contributed by atoms with Gasteiger partial charge in [0.05, 0.1) is 36.8 Å². The molecule has 0 aliphatic carbocycles. The normalized spacial score (nSPS) is 11.4. The van der Waals surface area contributed by atoms with Gasteiger partial charge in [0.1, 0.15) is 12.3 Å². The van der Waals surface area contributed by atoms with Crippen LogP contribution in [-0.4, -0.2) is 50.6 Å². The first-order valence-corrected chi connectivity index (χ1v) is 16.2. The molecular weight excluding hydrogens is 606 g/mol. The average molecular weight is 640 g/mol. The molecule has 13 heteroatoms. The Morgan fingerprint density at radius 3 is 1.82 bits per heavy atom. The molecule has 0 atom stereocenters. The Morgan fingerprint density at radius 1 is 0.682 bits per heavy atom. The maximum atomic E-state index is 13.9. The van der Waals surface area contributed by atoms with Gasteiger partial charge in [0, 0.05) is 17.4 Å². The van der Waals surface area contributed by atoms with E-state index < -0.39 is 32.5 Å². The molecule has 2 N–H and O–H groups in total. The first kappa shape index (κ1) is 32.2. The molecule has 0 heterocycles. The number of sulfonamides is 2. The zero-order valence-corrected chi connectivity index (χ0v) is 26.5. The van der Waals surface area contributed by atoms with Crippen LogP contribution in [0.1, 0.15) is 11.1 Å². The second-order valence-electron chi connectivity index (χ2n) is 9.78. The highest BCUT2D eigenvalue weighted by molar-refractivity contribution is 7.93. The van der Waals surface area contributed by atoms with E-state index in [1.807, 2.05) is 19.9 Å². The highest BCUT2D eigenvalue weighted by atomic mass is 32.2.